The zero-order chi connectivity index (χ0) is 18.9. The number of ether oxygens (including phenoxy) is 1. The summed E-state index contributed by atoms with van der Waals surface area (Å²) in [6.45, 7) is 7.19. The molecule has 0 atom stereocenters. The normalized spacial score (nSPS) is 15.1. The van der Waals surface area contributed by atoms with Crippen LogP contribution in [0, 0.1) is 12.8 Å². The Morgan fingerprint density at radius 3 is 2.58 bits per heavy atom. The third-order valence-electron chi connectivity index (χ3n) is 4.80. The fourth-order valence-electron chi connectivity index (χ4n) is 3.03. The summed E-state index contributed by atoms with van der Waals surface area (Å²) < 4.78 is 5.08. The maximum Gasteiger partial charge on any atom is 0.274 e. The second kappa shape index (κ2) is 10.2. The maximum atomic E-state index is 12.7. The molecule has 2 heterocycles. The topological polar surface area (TPSA) is 75.6 Å². The lowest BCUT2D eigenvalue weighted by atomic mass is 9.99. The summed E-state index contributed by atoms with van der Waals surface area (Å²) in [6, 6.07) is 0. The van der Waals surface area contributed by atoms with Crippen LogP contribution in [0.15, 0.2) is 12.4 Å². The predicted molar refractivity (Wildman–Crippen MR) is 98.8 cm³/mol. The van der Waals surface area contributed by atoms with Crippen LogP contribution < -0.4 is 0 Å². The van der Waals surface area contributed by atoms with Crippen LogP contribution in [0.3, 0.4) is 0 Å². The van der Waals surface area contributed by atoms with Gasteiger partial charge in [0.1, 0.15) is 5.69 Å². The van der Waals surface area contributed by atoms with Crippen LogP contribution in [0.4, 0.5) is 0 Å². The minimum absolute atomic E-state index is 0.122. The molecule has 0 radical (unpaired) electrons. The van der Waals surface area contributed by atoms with E-state index in [4.69, 9.17) is 4.74 Å². The molecule has 1 aliphatic heterocycles. The van der Waals surface area contributed by atoms with Gasteiger partial charge < -0.3 is 14.5 Å². The molecule has 0 saturated carbocycles. The van der Waals surface area contributed by atoms with E-state index in [2.05, 4.69) is 16.9 Å². The molecule has 2 rings (SSSR count). The highest BCUT2D eigenvalue weighted by Crippen LogP contribution is 2.17. The number of methoxy groups -OCH3 is 1. The van der Waals surface area contributed by atoms with Crippen LogP contribution in [-0.4, -0.2) is 71.5 Å². The fourth-order valence-corrected chi connectivity index (χ4v) is 3.03. The Balaban J connectivity index is 1.94. The van der Waals surface area contributed by atoms with Crippen LogP contribution in [0.5, 0.6) is 0 Å². The average molecular weight is 362 g/mol. The molecule has 2 amide bonds. The average Bonchev–Trinajstić information content (AvgIpc) is 2.65. The van der Waals surface area contributed by atoms with Crippen molar-refractivity contribution in [1.29, 1.82) is 0 Å². The molecule has 0 aromatic carbocycles. The van der Waals surface area contributed by atoms with E-state index in [1.165, 1.54) is 6.20 Å². The highest BCUT2D eigenvalue weighted by atomic mass is 16.5. The third-order valence-corrected chi connectivity index (χ3v) is 4.80. The molecule has 0 aliphatic carbocycles. The van der Waals surface area contributed by atoms with Gasteiger partial charge in [-0.3, -0.25) is 14.6 Å². The Labute approximate surface area is 155 Å². The monoisotopic (exact) mass is 362 g/mol. The third kappa shape index (κ3) is 6.05. The highest BCUT2D eigenvalue weighted by Gasteiger charge is 2.23. The molecule has 1 saturated heterocycles. The van der Waals surface area contributed by atoms with Crippen molar-refractivity contribution in [3.05, 3.63) is 23.8 Å². The Hall–Kier alpha value is -2.02. The molecule has 26 heavy (non-hydrogen) atoms. The molecule has 0 spiro atoms. The van der Waals surface area contributed by atoms with E-state index < -0.39 is 0 Å². The zero-order valence-corrected chi connectivity index (χ0v) is 16.1. The SMILES string of the molecule is COCCCN(CCC(=O)N1CCC(C)CC1)C(=O)c1cnc(C)cn1. The minimum Gasteiger partial charge on any atom is -0.385 e. The number of hydrogen-bond acceptors (Lipinski definition) is 5. The zero-order valence-electron chi connectivity index (χ0n) is 16.1. The first-order valence-corrected chi connectivity index (χ1v) is 9.36. The van der Waals surface area contributed by atoms with Gasteiger partial charge in [-0.1, -0.05) is 6.92 Å². The summed E-state index contributed by atoms with van der Waals surface area (Å²) in [6.07, 6.45) is 6.25. The van der Waals surface area contributed by atoms with Gasteiger partial charge in [-0.05, 0) is 32.1 Å². The van der Waals surface area contributed by atoms with E-state index in [0.29, 0.717) is 37.7 Å². The number of hydrogen-bond donors (Lipinski definition) is 0. The summed E-state index contributed by atoms with van der Waals surface area (Å²) in [5.41, 5.74) is 1.08. The molecule has 7 nitrogen and oxygen atoms in total. The number of aromatic nitrogens is 2. The Bertz CT molecular complexity index is 583. The van der Waals surface area contributed by atoms with E-state index in [1.54, 1.807) is 18.2 Å². The van der Waals surface area contributed by atoms with Gasteiger partial charge in [0.15, 0.2) is 0 Å². The number of likely N-dealkylation sites (tertiary alicyclic amines) is 1. The molecular weight excluding hydrogens is 332 g/mol. The van der Waals surface area contributed by atoms with Crippen molar-refractivity contribution in [2.75, 3.05) is 39.9 Å². The van der Waals surface area contributed by atoms with Crippen LogP contribution in [0.2, 0.25) is 0 Å². The van der Waals surface area contributed by atoms with Crippen molar-refractivity contribution in [2.24, 2.45) is 5.92 Å². The van der Waals surface area contributed by atoms with Crippen molar-refractivity contribution in [3.63, 3.8) is 0 Å². The van der Waals surface area contributed by atoms with Gasteiger partial charge in [0.2, 0.25) is 5.91 Å². The van der Waals surface area contributed by atoms with Gasteiger partial charge in [0, 0.05) is 52.5 Å². The summed E-state index contributed by atoms with van der Waals surface area (Å²) in [5.74, 6) is 0.622. The number of carbonyl (C=O) groups is 2. The molecule has 1 fully saturated rings. The molecular formula is C19H30N4O3. The molecule has 1 aromatic heterocycles. The predicted octanol–water partition coefficient (Wildman–Crippen LogP) is 1.91. The first kappa shape index (κ1) is 20.3. The molecule has 0 unspecified atom stereocenters. The van der Waals surface area contributed by atoms with Gasteiger partial charge in [-0.25, -0.2) is 4.98 Å². The minimum atomic E-state index is -0.186. The Morgan fingerprint density at radius 2 is 1.96 bits per heavy atom. The summed E-state index contributed by atoms with van der Waals surface area (Å²) in [7, 11) is 1.64. The molecule has 144 valence electrons. The van der Waals surface area contributed by atoms with E-state index in [1.807, 2.05) is 11.8 Å². The number of rotatable bonds is 8. The van der Waals surface area contributed by atoms with Crippen molar-refractivity contribution in [3.8, 4) is 0 Å². The van der Waals surface area contributed by atoms with Gasteiger partial charge in [0.05, 0.1) is 11.9 Å². The van der Waals surface area contributed by atoms with E-state index >= 15 is 0 Å². The van der Waals surface area contributed by atoms with Gasteiger partial charge in [0.25, 0.3) is 5.91 Å². The summed E-state index contributed by atoms with van der Waals surface area (Å²) >= 11 is 0. The molecule has 7 heteroatoms. The second-order valence-electron chi connectivity index (χ2n) is 6.99. The smallest absolute Gasteiger partial charge is 0.274 e. The van der Waals surface area contributed by atoms with Crippen LogP contribution in [0.25, 0.3) is 0 Å². The van der Waals surface area contributed by atoms with Crippen LogP contribution >= 0.6 is 0 Å². The molecule has 1 aromatic rings. The fraction of sp³-hybridized carbons (Fsp3) is 0.684. The second-order valence-corrected chi connectivity index (χ2v) is 6.99. The summed E-state index contributed by atoms with van der Waals surface area (Å²) in [4.78, 5) is 37.1. The lowest BCUT2D eigenvalue weighted by molar-refractivity contribution is -0.132. The molecule has 1 aliphatic rings. The number of amides is 2. The van der Waals surface area contributed by atoms with Gasteiger partial charge >= 0.3 is 0 Å². The quantitative estimate of drug-likeness (QED) is 0.660. The highest BCUT2D eigenvalue weighted by molar-refractivity contribution is 5.92. The van der Waals surface area contributed by atoms with Crippen molar-refractivity contribution in [2.45, 2.75) is 39.5 Å². The lowest BCUT2D eigenvalue weighted by Gasteiger charge is -2.31. The summed E-state index contributed by atoms with van der Waals surface area (Å²) in [5, 5.41) is 0. The molecule has 0 N–H and O–H groups in total. The van der Waals surface area contributed by atoms with Crippen LogP contribution in [0.1, 0.15) is 48.8 Å². The van der Waals surface area contributed by atoms with Crippen molar-refractivity contribution >= 4 is 11.8 Å². The van der Waals surface area contributed by atoms with E-state index in [-0.39, 0.29) is 11.8 Å². The van der Waals surface area contributed by atoms with Gasteiger partial charge in [-0.2, -0.15) is 0 Å². The first-order valence-electron chi connectivity index (χ1n) is 9.36. The number of carbonyl (C=O) groups excluding carboxylic acids is 2. The van der Waals surface area contributed by atoms with E-state index in [9.17, 15) is 9.59 Å². The number of aryl methyl sites for hydroxylation is 1. The Kier molecular flexibility index (Phi) is 7.97. The molecule has 0 bridgehead atoms. The number of piperidine rings is 1. The number of nitrogens with zero attached hydrogens (tertiary/aromatic N) is 4. The van der Waals surface area contributed by atoms with Crippen molar-refractivity contribution in [1.82, 2.24) is 19.8 Å². The van der Waals surface area contributed by atoms with Crippen molar-refractivity contribution < 1.29 is 14.3 Å². The first-order chi connectivity index (χ1) is 12.5. The Morgan fingerprint density at radius 1 is 1.23 bits per heavy atom. The largest absolute Gasteiger partial charge is 0.385 e. The maximum absolute atomic E-state index is 12.7. The van der Waals surface area contributed by atoms with Crippen LogP contribution in [-0.2, 0) is 9.53 Å². The lowest BCUT2D eigenvalue weighted by Crippen LogP contribution is -2.41. The van der Waals surface area contributed by atoms with Gasteiger partial charge in [-0.15, -0.1) is 0 Å². The standard InChI is InChI=1S/C19H30N4O3/c1-15-5-9-22(10-6-15)18(24)7-11-23(8-4-12-26-3)19(25)17-14-20-16(2)13-21-17/h13-15H,4-12H2,1-3H3. The van der Waals surface area contributed by atoms with E-state index in [0.717, 1.165) is 38.0 Å².